The molecule has 1 aromatic heterocycles. The molecule has 0 N–H and O–H groups in total. The Hall–Kier alpha value is -2.23. The van der Waals surface area contributed by atoms with Crippen LogP contribution in [0.4, 0.5) is 4.39 Å². The van der Waals surface area contributed by atoms with Crippen LogP contribution in [0, 0.1) is 12.7 Å². The number of esters is 1. The highest BCUT2D eigenvalue weighted by atomic mass is 19.1. The third-order valence-electron chi connectivity index (χ3n) is 2.74. The summed E-state index contributed by atoms with van der Waals surface area (Å²) in [6.45, 7) is 3.94. The molecule has 19 heavy (non-hydrogen) atoms. The second-order valence-corrected chi connectivity index (χ2v) is 4.11. The van der Waals surface area contributed by atoms with E-state index in [0.29, 0.717) is 17.7 Å². The fourth-order valence-electron chi connectivity index (χ4n) is 1.82. The Bertz CT molecular complexity index is 650. The molecule has 0 aliphatic carbocycles. The highest BCUT2D eigenvalue weighted by Crippen LogP contribution is 2.21. The van der Waals surface area contributed by atoms with Crippen molar-refractivity contribution in [3.63, 3.8) is 0 Å². The minimum atomic E-state index is -0.439. The van der Waals surface area contributed by atoms with Crippen LogP contribution in [0.1, 0.15) is 18.1 Å². The van der Waals surface area contributed by atoms with Crippen LogP contribution in [0.15, 0.2) is 30.5 Å². The van der Waals surface area contributed by atoms with Gasteiger partial charge in [-0.2, -0.15) is 0 Å². The van der Waals surface area contributed by atoms with Gasteiger partial charge in [-0.25, -0.2) is 9.18 Å². The van der Waals surface area contributed by atoms with Gasteiger partial charge in [-0.1, -0.05) is 0 Å². The molecule has 4 heteroatoms. The molecule has 3 nitrogen and oxygen atoms in total. The smallest absolute Gasteiger partial charge is 0.330 e. The number of hydrogen-bond acceptors (Lipinski definition) is 3. The largest absolute Gasteiger partial charge is 0.463 e. The number of ether oxygens (including phenoxy) is 1. The second kappa shape index (κ2) is 5.61. The molecule has 1 heterocycles. The van der Waals surface area contributed by atoms with Crippen LogP contribution >= 0.6 is 0 Å². The van der Waals surface area contributed by atoms with E-state index in [-0.39, 0.29) is 0 Å². The summed E-state index contributed by atoms with van der Waals surface area (Å²) in [6.07, 6.45) is 4.40. The van der Waals surface area contributed by atoms with Crippen LogP contribution in [0.5, 0.6) is 0 Å². The van der Waals surface area contributed by atoms with E-state index < -0.39 is 11.8 Å². The average molecular weight is 259 g/mol. The number of fused-ring (bicyclic) bond motifs is 1. The number of carbonyl (C=O) groups excluding carboxylic acids is 1. The quantitative estimate of drug-likeness (QED) is 0.627. The predicted molar refractivity (Wildman–Crippen MR) is 72.1 cm³/mol. The fourth-order valence-corrected chi connectivity index (χ4v) is 1.82. The van der Waals surface area contributed by atoms with E-state index >= 15 is 0 Å². The number of rotatable bonds is 3. The molecule has 1 aromatic carbocycles. The SMILES string of the molecule is CCOC(=O)/C=C/c1cc(F)c2nccc(C)c2c1. The Morgan fingerprint density at radius 1 is 1.47 bits per heavy atom. The second-order valence-electron chi connectivity index (χ2n) is 4.11. The first-order chi connectivity index (χ1) is 9.11. The third-order valence-corrected chi connectivity index (χ3v) is 2.74. The number of nitrogens with zero attached hydrogens (tertiary/aromatic N) is 1. The first-order valence-electron chi connectivity index (χ1n) is 6.01. The van der Waals surface area contributed by atoms with Crippen molar-refractivity contribution in [2.75, 3.05) is 6.61 Å². The minimum absolute atomic E-state index is 0.318. The molecule has 0 spiro atoms. The minimum Gasteiger partial charge on any atom is -0.463 e. The van der Waals surface area contributed by atoms with Gasteiger partial charge in [-0.05, 0) is 49.2 Å². The molecule has 0 bridgehead atoms. The highest BCUT2D eigenvalue weighted by Gasteiger charge is 2.06. The standard InChI is InChI=1S/C15H14FNO2/c1-3-19-14(18)5-4-11-8-12-10(2)6-7-17-15(12)13(16)9-11/h4-9H,3H2,1-2H3/b5-4+. The van der Waals surface area contributed by atoms with E-state index in [2.05, 4.69) is 4.98 Å². The van der Waals surface area contributed by atoms with Gasteiger partial charge in [0.1, 0.15) is 11.3 Å². The Morgan fingerprint density at radius 3 is 3.00 bits per heavy atom. The number of pyridine rings is 1. The molecular formula is C15H14FNO2. The Morgan fingerprint density at radius 2 is 2.26 bits per heavy atom. The van der Waals surface area contributed by atoms with Crippen LogP contribution in [0.3, 0.4) is 0 Å². The van der Waals surface area contributed by atoms with Crippen molar-refractivity contribution in [2.45, 2.75) is 13.8 Å². The van der Waals surface area contributed by atoms with E-state index in [4.69, 9.17) is 4.74 Å². The monoisotopic (exact) mass is 259 g/mol. The summed E-state index contributed by atoms with van der Waals surface area (Å²) in [5, 5.41) is 0.742. The van der Waals surface area contributed by atoms with Gasteiger partial charge in [-0.15, -0.1) is 0 Å². The third kappa shape index (κ3) is 2.96. The van der Waals surface area contributed by atoms with E-state index in [1.54, 1.807) is 19.2 Å². The van der Waals surface area contributed by atoms with E-state index in [1.807, 2.05) is 13.0 Å². The number of carbonyl (C=O) groups is 1. The molecule has 0 radical (unpaired) electrons. The van der Waals surface area contributed by atoms with Crippen molar-refractivity contribution in [2.24, 2.45) is 0 Å². The lowest BCUT2D eigenvalue weighted by atomic mass is 10.1. The van der Waals surface area contributed by atoms with Gasteiger partial charge < -0.3 is 4.74 Å². The number of aryl methyl sites for hydroxylation is 1. The normalized spacial score (nSPS) is 11.1. The first-order valence-corrected chi connectivity index (χ1v) is 6.01. The molecule has 2 rings (SSSR count). The summed E-state index contributed by atoms with van der Waals surface area (Å²) in [5.74, 6) is -0.837. The summed E-state index contributed by atoms with van der Waals surface area (Å²) in [5.41, 5.74) is 1.89. The number of aromatic nitrogens is 1. The van der Waals surface area contributed by atoms with Crippen LogP contribution in [0.25, 0.3) is 17.0 Å². The highest BCUT2D eigenvalue weighted by molar-refractivity contribution is 5.89. The van der Waals surface area contributed by atoms with Crippen molar-refractivity contribution in [3.8, 4) is 0 Å². The zero-order valence-electron chi connectivity index (χ0n) is 10.8. The van der Waals surface area contributed by atoms with Crippen LogP contribution < -0.4 is 0 Å². The van der Waals surface area contributed by atoms with Crippen LogP contribution in [-0.4, -0.2) is 17.6 Å². The van der Waals surface area contributed by atoms with Crippen molar-refractivity contribution in [1.82, 2.24) is 4.98 Å². The predicted octanol–water partition coefficient (Wildman–Crippen LogP) is 3.26. The lowest BCUT2D eigenvalue weighted by molar-refractivity contribution is -0.137. The molecule has 0 aliphatic heterocycles. The Kier molecular flexibility index (Phi) is 3.90. The van der Waals surface area contributed by atoms with Crippen LogP contribution in [0.2, 0.25) is 0 Å². The Balaban J connectivity index is 2.40. The number of benzene rings is 1. The molecule has 98 valence electrons. The molecule has 0 saturated carbocycles. The lowest BCUT2D eigenvalue weighted by Gasteiger charge is -2.04. The molecule has 0 fully saturated rings. The van der Waals surface area contributed by atoms with Crippen molar-refractivity contribution >= 4 is 22.9 Å². The summed E-state index contributed by atoms with van der Waals surface area (Å²) in [4.78, 5) is 15.2. The van der Waals surface area contributed by atoms with Crippen molar-refractivity contribution in [1.29, 1.82) is 0 Å². The first kappa shape index (κ1) is 13.2. The fraction of sp³-hybridized carbons (Fsp3) is 0.200. The van der Waals surface area contributed by atoms with Gasteiger partial charge in [0.25, 0.3) is 0 Å². The topological polar surface area (TPSA) is 39.2 Å². The van der Waals surface area contributed by atoms with Gasteiger partial charge in [0.15, 0.2) is 0 Å². The van der Waals surface area contributed by atoms with Gasteiger partial charge >= 0.3 is 5.97 Å². The molecule has 0 saturated heterocycles. The van der Waals surface area contributed by atoms with Crippen molar-refractivity contribution < 1.29 is 13.9 Å². The van der Waals surface area contributed by atoms with E-state index in [0.717, 1.165) is 10.9 Å². The summed E-state index contributed by atoms with van der Waals surface area (Å²) < 4.78 is 18.7. The van der Waals surface area contributed by atoms with E-state index in [1.165, 1.54) is 18.2 Å². The molecular weight excluding hydrogens is 245 g/mol. The number of halogens is 1. The average Bonchev–Trinajstić information content (AvgIpc) is 2.38. The summed E-state index contributed by atoms with van der Waals surface area (Å²) in [7, 11) is 0. The van der Waals surface area contributed by atoms with Gasteiger partial charge in [0.05, 0.1) is 6.61 Å². The van der Waals surface area contributed by atoms with E-state index in [9.17, 15) is 9.18 Å². The lowest BCUT2D eigenvalue weighted by Crippen LogP contribution is -1.98. The zero-order chi connectivity index (χ0) is 13.8. The molecule has 0 amide bonds. The maximum atomic E-state index is 13.9. The molecule has 0 aliphatic rings. The van der Waals surface area contributed by atoms with Crippen molar-refractivity contribution in [3.05, 3.63) is 47.4 Å². The van der Waals surface area contributed by atoms with Gasteiger partial charge in [0.2, 0.25) is 0 Å². The van der Waals surface area contributed by atoms with Gasteiger partial charge in [0, 0.05) is 17.7 Å². The molecule has 0 atom stereocenters. The molecule has 0 unspecified atom stereocenters. The maximum Gasteiger partial charge on any atom is 0.330 e. The summed E-state index contributed by atoms with van der Waals surface area (Å²) >= 11 is 0. The summed E-state index contributed by atoms with van der Waals surface area (Å²) in [6, 6.07) is 4.97. The number of hydrogen-bond donors (Lipinski definition) is 0. The molecule has 2 aromatic rings. The van der Waals surface area contributed by atoms with Crippen LogP contribution in [-0.2, 0) is 9.53 Å². The maximum absolute atomic E-state index is 13.9. The Labute approximate surface area is 110 Å². The van der Waals surface area contributed by atoms with Gasteiger partial charge in [-0.3, -0.25) is 4.98 Å². The zero-order valence-corrected chi connectivity index (χ0v) is 10.8.